The van der Waals surface area contributed by atoms with Crippen LogP contribution in [0.3, 0.4) is 0 Å². The molecule has 2 heterocycles. The van der Waals surface area contributed by atoms with Crippen molar-refractivity contribution in [3.05, 3.63) is 35.9 Å². The molecule has 7 nitrogen and oxygen atoms in total. The zero-order chi connectivity index (χ0) is 21.0. The fourth-order valence-electron chi connectivity index (χ4n) is 4.73. The normalized spacial score (nSPS) is 23.5. The molecular weight excluding hydrogens is 372 g/mol. The van der Waals surface area contributed by atoms with Crippen molar-refractivity contribution in [1.29, 1.82) is 0 Å². The lowest BCUT2D eigenvalue weighted by molar-refractivity contribution is -0.157. The van der Waals surface area contributed by atoms with Crippen LogP contribution in [0.2, 0.25) is 0 Å². The van der Waals surface area contributed by atoms with Crippen LogP contribution in [0, 0.1) is 5.92 Å². The summed E-state index contributed by atoms with van der Waals surface area (Å²) < 4.78 is 10.9. The van der Waals surface area contributed by atoms with E-state index in [9.17, 15) is 14.4 Å². The first-order chi connectivity index (χ1) is 14.0. The summed E-state index contributed by atoms with van der Waals surface area (Å²) in [5.41, 5.74) is 0.274. The molecule has 3 rings (SSSR count). The largest absolute Gasteiger partial charge is 0.466 e. The molecule has 1 aromatic carbocycles. The van der Waals surface area contributed by atoms with Gasteiger partial charge in [-0.2, -0.15) is 0 Å². The van der Waals surface area contributed by atoms with Gasteiger partial charge in [0.25, 0.3) is 5.91 Å². The summed E-state index contributed by atoms with van der Waals surface area (Å²) in [7, 11) is 1.46. The summed E-state index contributed by atoms with van der Waals surface area (Å²) in [5.74, 6) is -1.21. The van der Waals surface area contributed by atoms with Crippen LogP contribution in [0.1, 0.15) is 38.7 Å². The zero-order valence-electron chi connectivity index (χ0n) is 17.4. The minimum absolute atomic E-state index is 0.0924. The van der Waals surface area contributed by atoms with Crippen molar-refractivity contribution >= 4 is 17.8 Å². The Kier molecular flexibility index (Phi) is 6.57. The Morgan fingerprint density at radius 2 is 1.79 bits per heavy atom. The number of amides is 2. The Morgan fingerprint density at radius 1 is 1.14 bits per heavy atom. The van der Waals surface area contributed by atoms with E-state index in [1.165, 1.54) is 7.11 Å². The summed E-state index contributed by atoms with van der Waals surface area (Å²) in [5, 5.41) is 0. The zero-order valence-corrected chi connectivity index (χ0v) is 17.4. The summed E-state index contributed by atoms with van der Waals surface area (Å²) in [6.45, 7) is 5.27. The Morgan fingerprint density at radius 3 is 2.34 bits per heavy atom. The number of esters is 1. The molecule has 2 amide bonds. The maximum atomic E-state index is 13.3. The van der Waals surface area contributed by atoms with Crippen LogP contribution in [-0.2, 0) is 30.4 Å². The highest BCUT2D eigenvalue weighted by atomic mass is 16.5. The van der Waals surface area contributed by atoms with Gasteiger partial charge in [-0.1, -0.05) is 37.3 Å². The Hall–Kier alpha value is -2.41. The minimum atomic E-state index is -0.869. The van der Waals surface area contributed by atoms with E-state index in [1.54, 1.807) is 11.8 Å². The van der Waals surface area contributed by atoms with Gasteiger partial charge in [0, 0.05) is 33.2 Å². The molecule has 0 saturated carbocycles. The molecule has 0 N–H and O–H groups in total. The molecule has 2 fully saturated rings. The number of hydrogen-bond acceptors (Lipinski definition) is 5. The third-order valence-electron chi connectivity index (χ3n) is 6.19. The quantitative estimate of drug-likeness (QED) is 0.680. The molecule has 0 radical (unpaired) electrons. The maximum absolute atomic E-state index is 13.3. The van der Waals surface area contributed by atoms with Crippen LogP contribution in [-0.4, -0.2) is 66.0 Å². The van der Waals surface area contributed by atoms with E-state index in [2.05, 4.69) is 0 Å². The van der Waals surface area contributed by atoms with Gasteiger partial charge in [0.1, 0.15) is 5.92 Å². The molecule has 0 unspecified atom stereocenters. The van der Waals surface area contributed by atoms with Gasteiger partial charge in [0.2, 0.25) is 5.91 Å². The first kappa shape index (κ1) is 21.3. The lowest BCUT2D eigenvalue weighted by Crippen LogP contribution is -2.58. The lowest BCUT2D eigenvalue weighted by atomic mass is 9.75. The van der Waals surface area contributed by atoms with Crippen LogP contribution in [0.5, 0.6) is 0 Å². The number of methoxy groups -OCH3 is 1. The van der Waals surface area contributed by atoms with E-state index in [0.29, 0.717) is 38.9 Å². The third-order valence-corrected chi connectivity index (χ3v) is 6.19. The molecule has 0 bridgehead atoms. The van der Waals surface area contributed by atoms with Crippen molar-refractivity contribution in [3.63, 3.8) is 0 Å². The first-order valence-corrected chi connectivity index (χ1v) is 10.3. The second-order valence-corrected chi connectivity index (χ2v) is 7.63. The van der Waals surface area contributed by atoms with Crippen molar-refractivity contribution in [2.75, 3.05) is 26.8 Å². The molecule has 0 aliphatic carbocycles. The van der Waals surface area contributed by atoms with Crippen LogP contribution < -0.4 is 0 Å². The molecule has 7 heteroatoms. The predicted molar refractivity (Wildman–Crippen MR) is 107 cm³/mol. The Balaban J connectivity index is 1.97. The summed E-state index contributed by atoms with van der Waals surface area (Å²) in [4.78, 5) is 42.0. The second-order valence-electron chi connectivity index (χ2n) is 7.63. The summed E-state index contributed by atoms with van der Waals surface area (Å²) in [6.07, 6.45) is 0.634. The van der Waals surface area contributed by atoms with Gasteiger partial charge in [-0.25, -0.2) is 0 Å². The highest BCUT2D eigenvalue weighted by molar-refractivity contribution is 5.93. The van der Waals surface area contributed by atoms with Crippen LogP contribution in [0.15, 0.2) is 30.3 Å². The van der Waals surface area contributed by atoms with Gasteiger partial charge < -0.3 is 19.3 Å². The summed E-state index contributed by atoms with van der Waals surface area (Å²) in [6, 6.07) is 9.73. The van der Waals surface area contributed by atoms with Gasteiger partial charge in [0.05, 0.1) is 12.1 Å². The van der Waals surface area contributed by atoms with Crippen LogP contribution in [0.4, 0.5) is 0 Å². The van der Waals surface area contributed by atoms with E-state index in [-0.39, 0.29) is 18.4 Å². The number of carbonyl (C=O) groups excluding carboxylic acids is 3. The van der Waals surface area contributed by atoms with Crippen molar-refractivity contribution < 1.29 is 23.9 Å². The third kappa shape index (κ3) is 3.88. The number of ether oxygens (including phenoxy) is 2. The second kappa shape index (κ2) is 8.95. The molecule has 158 valence electrons. The molecule has 1 aromatic rings. The molecule has 2 aliphatic heterocycles. The van der Waals surface area contributed by atoms with Gasteiger partial charge in [0.15, 0.2) is 6.10 Å². The number of nitrogens with zero attached hydrogens (tertiary/aromatic N) is 2. The SMILES string of the molecule is CCOC(=O)[C@@H]1[C@@H](OC)C(=O)N(Cc2ccccc2)C12CCN(C(=O)CC)CC2. The molecular formula is C22H30N2O5. The van der Waals surface area contributed by atoms with Crippen molar-refractivity contribution in [2.45, 2.75) is 51.3 Å². The van der Waals surface area contributed by atoms with E-state index in [0.717, 1.165) is 5.56 Å². The topological polar surface area (TPSA) is 76.2 Å². The van der Waals surface area contributed by atoms with Crippen molar-refractivity contribution in [3.8, 4) is 0 Å². The number of carbonyl (C=O) groups is 3. The Labute approximate surface area is 171 Å². The molecule has 2 atom stereocenters. The van der Waals surface area contributed by atoms with Crippen LogP contribution >= 0.6 is 0 Å². The Bertz CT molecular complexity index is 743. The lowest BCUT2D eigenvalue weighted by Gasteiger charge is -2.47. The van der Waals surface area contributed by atoms with Crippen molar-refractivity contribution in [1.82, 2.24) is 9.80 Å². The summed E-state index contributed by atoms with van der Waals surface area (Å²) >= 11 is 0. The maximum Gasteiger partial charge on any atom is 0.314 e. The number of benzene rings is 1. The minimum Gasteiger partial charge on any atom is -0.466 e. The van der Waals surface area contributed by atoms with Gasteiger partial charge in [-0.05, 0) is 25.3 Å². The standard InChI is InChI=1S/C22H30N2O5/c1-4-17(25)23-13-11-22(12-14-23)18(21(27)29-5-2)19(28-3)20(26)24(22)15-16-9-7-6-8-10-16/h6-10,18-19H,4-5,11-15H2,1-3H3/t18-,19+/m0/s1. The molecule has 29 heavy (non-hydrogen) atoms. The van der Waals surface area contributed by atoms with E-state index in [1.807, 2.05) is 42.2 Å². The fourth-order valence-corrected chi connectivity index (χ4v) is 4.73. The molecule has 2 saturated heterocycles. The van der Waals surface area contributed by atoms with E-state index >= 15 is 0 Å². The van der Waals surface area contributed by atoms with Gasteiger partial charge in [-0.3, -0.25) is 14.4 Å². The van der Waals surface area contributed by atoms with E-state index in [4.69, 9.17) is 9.47 Å². The number of likely N-dealkylation sites (tertiary alicyclic amines) is 2. The highest BCUT2D eigenvalue weighted by Gasteiger charge is 2.63. The van der Waals surface area contributed by atoms with Gasteiger partial charge >= 0.3 is 5.97 Å². The van der Waals surface area contributed by atoms with Gasteiger partial charge in [-0.15, -0.1) is 0 Å². The molecule has 1 spiro atoms. The fraction of sp³-hybridized carbons (Fsp3) is 0.591. The number of piperidine rings is 1. The van der Waals surface area contributed by atoms with E-state index < -0.39 is 23.5 Å². The van der Waals surface area contributed by atoms with Crippen molar-refractivity contribution in [2.24, 2.45) is 5.92 Å². The first-order valence-electron chi connectivity index (χ1n) is 10.3. The molecule has 0 aromatic heterocycles. The highest BCUT2D eigenvalue weighted by Crippen LogP contribution is 2.46. The average molecular weight is 402 g/mol. The van der Waals surface area contributed by atoms with Crippen LogP contribution in [0.25, 0.3) is 0 Å². The predicted octanol–water partition coefficient (Wildman–Crippen LogP) is 1.99. The number of hydrogen-bond donors (Lipinski definition) is 0. The average Bonchev–Trinajstić information content (AvgIpc) is 2.96. The monoisotopic (exact) mass is 402 g/mol. The number of rotatable bonds is 6. The smallest absolute Gasteiger partial charge is 0.314 e. The molecule has 2 aliphatic rings.